The Kier molecular flexibility index (Phi) is 7.31. The number of nitrogens with one attached hydrogen (secondary N) is 2. The molecule has 148 valence electrons. The van der Waals surface area contributed by atoms with E-state index in [1.807, 2.05) is 0 Å². The zero-order chi connectivity index (χ0) is 20.0. The summed E-state index contributed by atoms with van der Waals surface area (Å²) in [4.78, 5) is 16.5. The second kappa shape index (κ2) is 9.27. The van der Waals surface area contributed by atoms with Gasteiger partial charge in [0.2, 0.25) is 0 Å². The third kappa shape index (κ3) is 7.25. The van der Waals surface area contributed by atoms with Crippen LogP contribution in [-0.4, -0.2) is 30.5 Å². The van der Waals surface area contributed by atoms with E-state index in [-0.39, 0.29) is 6.61 Å². The van der Waals surface area contributed by atoms with Crippen LogP contribution in [0.25, 0.3) is 0 Å². The largest absolute Gasteiger partial charge is 0.755 e. The molecule has 8 nitrogen and oxygen atoms in total. The number of aromatic nitrogens is 1. The Labute approximate surface area is 164 Å². The number of anilines is 1. The molecule has 0 aliphatic rings. The van der Waals surface area contributed by atoms with Crippen molar-refractivity contribution >= 4 is 34.4 Å². The number of carbonyl (C=O) groups is 1. The number of benzene rings is 1. The Balaban J connectivity index is 2.16. The lowest BCUT2D eigenvalue weighted by Gasteiger charge is -2.23. The molecular formula is C17H22N3O5S2-. The number of amides is 1. The zero-order valence-corrected chi connectivity index (χ0v) is 16.9. The lowest BCUT2D eigenvalue weighted by Crippen LogP contribution is -2.35. The molecule has 1 aromatic heterocycles. The molecule has 27 heavy (non-hydrogen) atoms. The van der Waals surface area contributed by atoms with Crippen molar-refractivity contribution in [3.63, 3.8) is 0 Å². The molecule has 0 radical (unpaired) electrons. The molecular weight excluding hydrogens is 390 g/mol. The third-order valence-corrected chi connectivity index (χ3v) is 4.73. The first kappa shape index (κ1) is 21.3. The molecule has 0 aliphatic carbocycles. The van der Waals surface area contributed by atoms with Gasteiger partial charge in [0.05, 0.1) is 18.3 Å². The molecule has 0 saturated heterocycles. The van der Waals surface area contributed by atoms with Crippen LogP contribution in [0, 0.1) is 0 Å². The van der Waals surface area contributed by atoms with E-state index in [4.69, 9.17) is 4.74 Å². The van der Waals surface area contributed by atoms with Gasteiger partial charge in [0.25, 0.3) is 0 Å². The van der Waals surface area contributed by atoms with E-state index >= 15 is 0 Å². The molecule has 1 aromatic carbocycles. The van der Waals surface area contributed by atoms with E-state index in [2.05, 4.69) is 15.0 Å². The van der Waals surface area contributed by atoms with Gasteiger partial charge in [0, 0.05) is 22.3 Å². The van der Waals surface area contributed by atoms with Gasteiger partial charge in [-0.05, 0) is 44.9 Å². The molecule has 2 rings (SSSR count). The van der Waals surface area contributed by atoms with Crippen molar-refractivity contribution in [3.8, 4) is 0 Å². The summed E-state index contributed by atoms with van der Waals surface area (Å²) < 4.78 is 29.0. The maximum atomic E-state index is 12.2. The highest BCUT2D eigenvalue weighted by atomic mass is 32.2. The van der Waals surface area contributed by atoms with E-state index < -0.39 is 29.0 Å². The standard InChI is InChI=1S/C17H23N3O5S2/c1-17(2,3)25-16(22)19-14(15-18-13(9-21)10-26-15)8-11-4-6-12(7-5-11)20-27(23)24/h4-7,10,14,20-21H,8-9H2,1-3H3,(H,19,22)(H,23,24)/p-1/t14-/m0/s1. The molecule has 0 bridgehead atoms. The zero-order valence-electron chi connectivity index (χ0n) is 15.2. The minimum absolute atomic E-state index is 0.178. The Morgan fingerprint density at radius 2 is 2.04 bits per heavy atom. The van der Waals surface area contributed by atoms with Crippen LogP contribution in [0.1, 0.15) is 43.1 Å². The molecule has 0 fully saturated rings. The van der Waals surface area contributed by atoms with Gasteiger partial charge >= 0.3 is 6.09 Å². The van der Waals surface area contributed by atoms with Crippen molar-refractivity contribution in [2.45, 2.75) is 45.4 Å². The Hall–Kier alpha value is -2.01. The van der Waals surface area contributed by atoms with Crippen LogP contribution in [0.15, 0.2) is 29.6 Å². The number of aliphatic hydroxyl groups is 1. The van der Waals surface area contributed by atoms with Crippen molar-refractivity contribution in [1.82, 2.24) is 10.3 Å². The number of thiazole rings is 1. The van der Waals surface area contributed by atoms with E-state index in [9.17, 15) is 18.7 Å². The monoisotopic (exact) mass is 412 g/mol. The fraction of sp³-hybridized carbons (Fsp3) is 0.412. The van der Waals surface area contributed by atoms with Crippen molar-refractivity contribution < 1.29 is 23.4 Å². The van der Waals surface area contributed by atoms with Crippen LogP contribution in [0.2, 0.25) is 0 Å². The smallest absolute Gasteiger partial charge is 0.408 e. The minimum Gasteiger partial charge on any atom is -0.755 e. The molecule has 1 unspecified atom stereocenters. The number of nitrogens with zero attached hydrogens (tertiary/aromatic N) is 1. The lowest BCUT2D eigenvalue weighted by molar-refractivity contribution is 0.0503. The summed E-state index contributed by atoms with van der Waals surface area (Å²) in [5.41, 5.74) is 1.22. The van der Waals surface area contributed by atoms with Gasteiger partial charge in [-0.15, -0.1) is 11.3 Å². The summed E-state index contributed by atoms with van der Waals surface area (Å²) in [7, 11) is 0. The number of carbonyl (C=O) groups excluding carboxylic acids is 1. The molecule has 10 heteroatoms. The second-order valence-electron chi connectivity index (χ2n) is 6.77. The average Bonchev–Trinajstić information content (AvgIpc) is 3.03. The summed E-state index contributed by atoms with van der Waals surface area (Å²) in [6, 6.07) is 6.35. The maximum Gasteiger partial charge on any atom is 0.408 e. The highest BCUT2D eigenvalue weighted by Crippen LogP contribution is 2.24. The van der Waals surface area contributed by atoms with Crippen LogP contribution < -0.4 is 10.0 Å². The fourth-order valence-corrected chi connectivity index (χ4v) is 3.44. The van der Waals surface area contributed by atoms with E-state index in [1.54, 1.807) is 50.4 Å². The lowest BCUT2D eigenvalue weighted by atomic mass is 10.1. The fourth-order valence-electron chi connectivity index (χ4n) is 2.25. The number of rotatable bonds is 7. The summed E-state index contributed by atoms with van der Waals surface area (Å²) in [5.74, 6) is 0. The maximum absolute atomic E-state index is 12.2. The van der Waals surface area contributed by atoms with Crippen LogP contribution >= 0.6 is 11.3 Å². The summed E-state index contributed by atoms with van der Waals surface area (Å²) in [5, 5.41) is 14.4. The molecule has 0 aliphatic heterocycles. The highest BCUT2D eigenvalue weighted by Gasteiger charge is 2.23. The first-order valence-corrected chi connectivity index (χ1v) is 10.1. The third-order valence-electron chi connectivity index (χ3n) is 3.32. The summed E-state index contributed by atoms with van der Waals surface area (Å²) in [6.07, 6.45) is -0.133. The van der Waals surface area contributed by atoms with Gasteiger partial charge in [-0.1, -0.05) is 12.1 Å². The summed E-state index contributed by atoms with van der Waals surface area (Å²) in [6.45, 7) is 5.16. The van der Waals surface area contributed by atoms with Gasteiger partial charge in [0.15, 0.2) is 0 Å². The van der Waals surface area contributed by atoms with E-state index in [1.165, 1.54) is 11.3 Å². The number of alkyl carbamates (subject to hydrolysis) is 1. The summed E-state index contributed by atoms with van der Waals surface area (Å²) >= 11 is -1.05. The first-order valence-electron chi connectivity index (χ1n) is 8.16. The Morgan fingerprint density at radius 1 is 1.37 bits per heavy atom. The van der Waals surface area contributed by atoms with Crippen LogP contribution in [0.3, 0.4) is 0 Å². The van der Waals surface area contributed by atoms with Gasteiger partial charge in [-0.3, -0.25) is 4.21 Å². The average molecular weight is 413 g/mol. The second-order valence-corrected chi connectivity index (χ2v) is 8.34. The molecule has 0 saturated carbocycles. The Bertz CT molecular complexity index is 787. The van der Waals surface area contributed by atoms with Gasteiger partial charge in [0.1, 0.15) is 10.6 Å². The SMILES string of the molecule is CC(C)(C)OC(=O)N[C@@H](Cc1ccc(NS(=O)[O-])cc1)c1nc(CO)cs1. The normalized spacial score (nSPS) is 13.7. The molecule has 0 spiro atoms. The van der Waals surface area contributed by atoms with Gasteiger partial charge in [-0.2, -0.15) is 0 Å². The van der Waals surface area contributed by atoms with E-state index in [0.717, 1.165) is 5.56 Å². The minimum atomic E-state index is -2.39. The molecule has 1 amide bonds. The first-order chi connectivity index (χ1) is 12.7. The highest BCUT2D eigenvalue weighted by molar-refractivity contribution is 7.80. The van der Waals surface area contributed by atoms with Gasteiger partial charge in [-0.25, -0.2) is 9.78 Å². The molecule has 3 N–H and O–H groups in total. The molecule has 2 atom stereocenters. The van der Waals surface area contributed by atoms with Crippen LogP contribution in [0.4, 0.5) is 10.5 Å². The van der Waals surface area contributed by atoms with Crippen LogP contribution in [-0.2, 0) is 29.0 Å². The number of ether oxygens (including phenoxy) is 1. The predicted octanol–water partition coefficient (Wildman–Crippen LogP) is 2.65. The Morgan fingerprint density at radius 3 is 2.56 bits per heavy atom. The van der Waals surface area contributed by atoms with Crippen molar-refractivity contribution in [2.75, 3.05) is 4.72 Å². The quantitative estimate of drug-likeness (QED) is 0.601. The van der Waals surface area contributed by atoms with Gasteiger partial charge < -0.3 is 24.4 Å². The van der Waals surface area contributed by atoms with Crippen molar-refractivity contribution in [1.29, 1.82) is 0 Å². The number of hydrogen-bond donors (Lipinski definition) is 3. The van der Waals surface area contributed by atoms with Crippen LogP contribution in [0.5, 0.6) is 0 Å². The molecule has 2 aromatic rings. The number of aliphatic hydroxyl groups excluding tert-OH is 1. The van der Waals surface area contributed by atoms with Crippen molar-refractivity contribution in [3.05, 3.63) is 45.9 Å². The topological polar surface area (TPSA) is 124 Å². The molecule has 1 heterocycles. The predicted molar refractivity (Wildman–Crippen MR) is 103 cm³/mol. The van der Waals surface area contributed by atoms with Crippen molar-refractivity contribution in [2.24, 2.45) is 0 Å². The number of hydrogen-bond acceptors (Lipinski definition) is 7. The van der Waals surface area contributed by atoms with E-state index in [0.29, 0.717) is 22.8 Å².